The van der Waals surface area contributed by atoms with E-state index in [4.69, 9.17) is 14.6 Å². The maximum absolute atomic E-state index is 11.7. The number of hydrogen-bond donors (Lipinski definition) is 5. The number of hydrogen-bond acceptors (Lipinski definition) is 8. The van der Waals surface area contributed by atoms with Crippen LogP contribution in [0.1, 0.15) is 22.8 Å². The summed E-state index contributed by atoms with van der Waals surface area (Å²) in [6.07, 6.45) is -6.73. The van der Waals surface area contributed by atoms with E-state index in [1.165, 1.54) is 14.0 Å². The molecule has 164 valence electrons. The van der Waals surface area contributed by atoms with Gasteiger partial charge < -0.3 is 35.0 Å². The quantitative estimate of drug-likeness (QED) is 0.298. The van der Waals surface area contributed by atoms with Crippen LogP contribution in [0.15, 0.2) is 42.5 Å². The highest BCUT2D eigenvalue weighted by molar-refractivity contribution is 5.91. The average Bonchev–Trinajstić information content (AvgIpc) is 2.77. The lowest BCUT2D eigenvalue weighted by Crippen LogP contribution is -2.49. The zero-order valence-electron chi connectivity index (χ0n) is 17.1. The molecule has 0 spiro atoms. The Kier molecular flexibility index (Phi) is 8.33. The van der Waals surface area contributed by atoms with Crippen molar-refractivity contribution in [1.82, 2.24) is 0 Å². The fourth-order valence-corrected chi connectivity index (χ4v) is 2.92. The van der Waals surface area contributed by atoms with E-state index in [9.17, 15) is 25.2 Å². The lowest BCUT2D eigenvalue weighted by atomic mass is 9.96. The summed E-state index contributed by atoms with van der Waals surface area (Å²) in [5.74, 6) is -0.864. The van der Waals surface area contributed by atoms with Gasteiger partial charge in [-0.15, -0.1) is 0 Å². The van der Waals surface area contributed by atoms with E-state index in [2.05, 4.69) is 0 Å². The Balaban J connectivity index is 2.15. The smallest absolute Gasteiger partial charge is 0.337 e. The summed E-state index contributed by atoms with van der Waals surface area (Å²) in [5.41, 5.74) is 2.63. The minimum atomic E-state index is -1.80. The molecule has 0 bridgehead atoms. The summed E-state index contributed by atoms with van der Waals surface area (Å²) in [5, 5.41) is 49.2. The SMILES string of the molecule is COC(=O)c1cccc(-c2ccc(OC(O)C(O)C(O)C(O)C(C)CO)c(C)c2)c1. The van der Waals surface area contributed by atoms with Gasteiger partial charge in [0.15, 0.2) is 0 Å². The lowest BCUT2D eigenvalue weighted by Gasteiger charge is -2.29. The molecule has 5 N–H and O–H groups in total. The summed E-state index contributed by atoms with van der Waals surface area (Å²) in [6.45, 7) is 2.84. The second kappa shape index (κ2) is 10.5. The third-order valence-corrected chi connectivity index (χ3v) is 4.90. The monoisotopic (exact) mass is 420 g/mol. The van der Waals surface area contributed by atoms with Crippen LogP contribution in [0.5, 0.6) is 5.75 Å². The molecular weight excluding hydrogens is 392 g/mol. The Hall–Kier alpha value is -2.49. The van der Waals surface area contributed by atoms with Crippen LogP contribution < -0.4 is 4.74 Å². The minimum absolute atomic E-state index is 0.270. The molecule has 0 radical (unpaired) electrons. The summed E-state index contributed by atoms with van der Waals surface area (Å²) in [7, 11) is 1.31. The van der Waals surface area contributed by atoms with Crippen molar-refractivity contribution in [3.63, 3.8) is 0 Å². The van der Waals surface area contributed by atoms with Gasteiger partial charge in [0.25, 0.3) is 0 Å². The highest BCUT2D eigenvalue weighted by atomic mass is 16.6. The maximum Gasteiger partial charge on any atom is 0.337 e. The van der Waals surface area contributed by atoms with Crippen molar-refractivity contribution >= 4 is 5.97 Å². The molecule has 0 aliphatic carbocycles. The normalized spacial score (nSPS) is 16.3. The van der Waals surface area contributed by atoms with E-state index >= 15 is 0 Å². The van der Waals surface area contributed by atoms with Gasteiger partial charge in [0.05, 0.1) is 18.8 Å². The molecule has 5 unspecified atom stereocenters. The molecule has 0 aromatic heterocycles. The number of rotatable bonds is 9. The van der Waals surface area contributed by atoms with Gasteiger partial charge >= 0.3 is 5.97 Å². The predicted octanol–water partition coefficient (Wildman–Crippen LogP) is 0.857. The molecule has 2 aromatic rings. The molecule has 8 heteroatoms. The van der Waals surface area contributed by atoms with Crippen LogP contribution in [0, 0.1) is 12.8 Å². The summed E-state index contributed by atoms with van der Waals surface area (Å²) < 4.78 is 10.1. The molecule has 0 amide bonds. The number of methoxy groups -OCH3 is 1. The van der Waals surface area contributed by atoms with Crippen molar-refractivity contribution in [3.8, 4) is 16.9 Å². The van der Waals surface area contributed by atoms with Crippen LogP contribution in [-0.2, 0) is 4.74 Å². The molecule has 0 fully saturated rings. The van der Waals surface area contributed by atoms with Crippen LogP contribution in [0.3, 0.4) is 0 Å². The second-order valence-electron chi connectivity index (χ2n) is 7.19. The standard InChI is InChI=1S/C22H28O8/c1-12-9-15(14-5-4-6-16(10-14)21(27)29-3)7-8-17(12)30-22(28)20(26)19(25)18(24)13(2)11-23/h4-10,13,18-20,22-26,28H,11H2,1-3H3. The zero-order valence-corrected chi connectivity index (χ0v) is 17.1. The Bertz CT molecular complexity index is 853. The van der Waals surface area contributed by atoms with E-state index < -0.39 is 36.5 Å². The molecular formula is C22H28O8. The van der Waals surface area contributed by atoms with Crippen molar-refractivity contribution in [2.75, 3.05) is 13.7 Å². The van der Waals surface area contributed by atoms with E-state index in [0.29, 0.717) is 11.1 Å². The Labute approximate surface area is 174 Å². The number of carbonyl (C=O) groups is 1. The molecule has 0 aliphatic heterocycles. The topological polar surface area (TPSA) is 137 Å². The fourth-order valence-electron chi connectivity index (χ4n) is 2.92. The molecule has 2 aromatic carbocycles. The van der Waals surface area contributed by atoms with Gasteiger partial charge in [-0.25, -0.2) is 4.79 Å². The fraction of sp³-hybridized carbons (Fsp3) is 0.409. The molecule has 0 aliphatic rings. The first-order valence-corrected chi connectivity index (χ1v) is 9.48. The first-order chi connectivity index (χ1) is 14.2. The van der Waals surface area contributed by atoms with Gasteiger partial charge in [0.1, 0.15) is 18.0 Å². The van der Waals surface area contributed by atoms with E-state index in [1.807, 2.05) is 6.07 Å². The Morgan fingerprint density at radius 2 is 1.63 bits per heavy atom. The Morgan fingerprint density at radius 1 is 0.967 bits per heavy atom. The number of aliphatic hydroxyl groups excluding tert-OH is 5. The summed E-state index contributed by atoms with van der Waals surface area (Å²) >= 11 is 0. The molecule has 30 heavy (non-hydrogen) atoms. The van der Waals surface area contributed by atoms with Crippen molar-refractivity contribution in [1.29, 1.82) is 0 Å². The van der Waals surface area contributed by atoms with Gasteiger partial charge in [-0.3, -0.25) is 0 Å². The van der Waals surface area contributed by atoms with Crippen molar-refractivity contribution in [3.05, 3.63) is 53.6 Å². The van der Waals surface area contributed by atoms with Gasteiger partial charge in [-0.1, -0.05) is 25.1 Å². The predicted molar refractivity (Wildman–Crippen MR) is 109 cm³/mol. The first kappa shape index (κ1) is 23.8. The van der Waals surface area contributed by atoms with Crippen LogP contribution in [-0.4, -0.2) is 69.8 Å². The highest BCUT2D eigenvalue weighted by Crippen LogP contribution is 2.28. The largest absolute Gasteiger partial charge is 0.465 e. The maximum atomic E-state index is 11.7. The van der Waals surface area contributed by atoms with Gasteiger partial charge in [0, 0.05) is 12.5 Å². The van der Waals surface area contributed by atoms with Gasteiger partial charge in [-0.05, 0) is 47.9 Å². The van der Waals surface area contributed by atoms with E-state index in [-0.39, 0.29) is 12.4 Å². The van der Waals surface area contributed by atoms with Crippen LogP contribution in [0.2, 0.25) is 0 Å². The molecule has 8 nitrogen and oxygen atoms in total. The number of carbonyl (C=O) groups excluding carboxylic acids is 1. The number of ether oxygens (including phenoxy) is 2. The molecule has 5 atom stereocenters. The van der Waals surface area contributed by atoms with Crippen molar-refractivity contribution in [2.45, 2.75) is 38.4 Å². The van der Waals surface area contributed by atoms with Crippen molar-refractivity contribution < 1.29 is 39.8 Å². The van der Waals surface area contributed by atoms with E-state index in [1.54, 1.807) is 43.3 Å². The average molecular weight is 420 g/mol. The molecule has 0 saturated carbocycles. The summed E-state index contributed by atoms with van der Waals surface area (Å²) in [6, 6.07) is 12.0. The van der Waals surface area contributed by atoms with Crippen LogP contribution in [0.25, 0.3) is 11.1 Å². The van der Waals surface area contributed by atoms with E-state index in [0.717, 1.165) is 11.1 Å². The van der Waals surface area contributed by atoms with Crippen LogP contribution >= 0.6 is 0 Å². The molecule has 0 saturated heterocycles. The third-order valence-electron chi connectivity index (χ3n) is 4.90. The Morgan fingerprint density at radius 3 is 2.23 bits per heavy atom. The number of benzene rings is 2. The number of aryl methyl sites for hydroxylation is 1. The van der Waals surface area contributed by atoms with Crippen molar-refractivity contribution in [2.24, 2.45) is 5.92 Å². The third kappa shape index (κ3) is 5.56. The highest BCUT2D eigenvalue weighted by Gasteiger charge is 2.34. The minimum Gasteiger partial charge on any atom is -0.465 e. The van der Waals surface area contributed by atoms with Crippen LogP contribution in [0.4, 0.5) is 0 Å². The lowest BCUT2D eigenvalue weighted by molar-refractivity contribution is -0.172. The number of esters is 1. The molecule has 0 heterocycles. The van der Waals surface area contributed by atoms with Gasteiger partial charge in [0.2, 0.25) is 6.29 Å². The second-order valence-corrected chi connectivity index (χ2v) is 7.19. The summed E-state index contributed by atoms with van der Waals surface area (Å²) in [4.78, 5) is 11.7. The van der Waals surface area contributed by atoms with Gasteiger partial charge in [-0.2, -0.15) is 0 Å². The molecule has 2 rings (SSSR count). The first-order valence-electron chi connectivity index (χ1n) is 9.48. The zero-order chi connectivity index (χ0) is 22.4. The number of aliphatic hydroxyl groups is 5.